The van der Waals surface area contributed by atoms with Crippen LogP contribution in [0.1, 0.15) is 26.3 Å². The van der Waals surface area contributed by atoms with Gasteiger partial charge >= 0.3 is 5.97 Å². The molecule has 0 saturated carbocycles. The van der Waals surface area contributed by atoms with Gasteiger partial charge in [-0.3, -0.25) is 4.79 Å². The molecular weight excluding hydrogens is 356 g/mol. The highest BCUT2D eigenvalue weighted by atomic mass is 16.5. The molecule has 0 aromatic heterocycles. The molecule has 3 aromatic rings. The van der Waals surface area contributed by atoms with Crippen molar-refractivity contribution in [3.8, 4) is 11.5 Å². The number of esters is 1. The average molecular weight is 374 g/mol. The maximum atomic E-state index is 12.2. The fraction of sp³-hybridized carbons (Fsp3) is 0.0455. The molecule has 0 radical (unpaired) electrons. The van der Waals surface area contributed by atoms with Gasteiger partial charge in [0.05, 0.1) is 18.9 Å². The molecule has 0 bridgehead atoms. The fourth-order valence-corrected chi connectivity index (χ4v) is 2.38. The van der Waals surface area contributed by atoms with Crippen LogP contribution in [0, 0.1) is 0 Å². The molecule has 0 aliphatic carbocycles. The molecule has 1 amide bonds. The minimum absolute atomic E-state index is 0.346. The minimum atomic E-state index is -0.469. The molecule has 0 aliphatic heterocycles. The van der Waals surface area contributed by atoms with E-state index in [-0.39, 0.29) is 5.91 Å². The lowest BCUT2D eigenvalue weighted by molar-refractivity contribution is 0.0734. The number of carbonyl (C=O) groups excluding carboxylic acids is 2. The van der Waals surface area contributed by atoms with Crippen molar-refractivity contribution in [2.24, 2.45) is 5.10 Å². The zero-order chi connectivity index (χ0) is 19.8. The molecule has 0 fully saturated rings. The SMILES string of the molecule is COc1ccc(C(=O)NN=Cc2ccccc2OC(=O)c2ccccc2)cc1. The van der Waals surface area contributed by atoms with Gasteiger partial charge in [-0.1, -0.05) is 30.3 Å². The van der Waals surface area contributed by atoms with Crippen molar-refractivity contribution < 1.29 is 19.1 Å². The number of carbonyl (C=O) groups is 2. The number of hydrazone groups is 1. The highest BCUT2D eigenvalue weighted by Crippen LogP contribution is 2.18. The molecule has 1 N–H and O–H groups in total. The van der Waals surface area contributed by atoms with Gasteiger partial charge in [-0.25, -0.2) is 10.2 Å². The Hall–Kier alpha value is -3.93. The van der Waals surface area contributed by atoms with Crippen LogP contribution >= 0.6 is 0 Å². The van der Waals surface area contributed by atoms with Gasteiger partial charge in [-0.2, -0.15) is 5.10 Å². The first-order chi connectivity index (χ1) is 13.7. The Bertz CT molecular complexity index is 983. The van der Waals surface area contributed by atoms with E-state index in [0.717, 1.165) is 0 Å². The molecule has 0 spiro atoms. The zero-order valence-electron chi connectivity index (χ0n) is 15.2. The van der Waals surface area contributed by atoms with Crippen LogP contribution < -0.4 is 14.9 Å². The maximum Gasteiger partial charge on any atom is 0.343 e. The van der Waals surface area contributed by atoms with Crippen molar-refractivity contribution in [1.29, 1.82) is 0 Å². The summed E-state index contributed by atoms with van der Waals surface area (Å²) in [7, 11) is 1.56. The van der Waals surface area contributed by atoms with Gasteiger partial charge in [0.1, 0.15) is 11.5 Å². The Labute approximate surface area is 162 Å². The molecule has 0 saturated heterocycles. The second kappa shape index (κ2) is 9.14. The number of nitrogens with zero attached hydrogens (tertiary/aromatic N) is 1. The molecule has 140 valence electrons. The summed E-state index contributed by atoms with van der Waals surface area (Å²) in [5.41, 5.74) is 3.90. The molecule has 0 aliphatic rings. The number of hydrogen-bond donors (Lipinski definition) is 1. The Morgan fingerprint density at radius 3 is 2.25 bits per heavy atom. The number of nitrogens with one attached hydrogen (secondary N) is 1. The Balaban J connectivity index is 1.67. The van der Waals surface area contributed by atoms with Crippen LogP contribution in [0.25, 0.3) is 0 Å². The van der Waals surface area contributed by atoms with Gasteiger partial charge in [0.25, 0.3) is 5.91 Å². The fourth-order valence-electron chi connectivity index (χ4n) is 2.38. The zero-order valence-corrected chi connectivity index (χ0v) is 15.2. The van der Waals surface area contributed by atoms with Crippen LogP contribution in [0.2, 0.25) is 0 Å². The van der Waals surface area contributed by atoms with E-state index in [9.17, 15) is 9.59 Å². The van der Waals surface area contributed by atoms with Gasteiger partial charge in [0, 0.05) is 11.1 Å². The molecule has 3 aromatic carbocycles. The third-order valence-electron chi connectivity index (χ3n) is 3.85. The standard InChI is InChI=1S/C22H18N2O4/c1-27-19-13-11-16(12-14-19)21(25)24-23-15-18-9-5-6-10-20(18)28-22(26)17-7-3-2-4-8-17/h2-15H,1H3,(H,24,25). The smallest absolute Gasteiger partial charge is 0.343 e. The van der Waals surface area contributed by atoms with Crippen molar-refractivity contribution in [3.63, 3.8) is 0 Å². The van der Waals surface area contributed by atoms with Crippen LogP contribution in [0.4, 0.5) is 0 Å². The monoisotopic (exact) mass is 374 g/mol. The minimum Gasteiger partial charge on any atom is -0.497 e. The van der Waals surface area contributed by atoms with Crippen molar-refractivity contribution in [3.05, 3.63) is 95.6 Å². The first kappa shape index (κ1) is 18.8. The molecule has 0 atom stereocenters. The average Bonchev–Trinajstić information content (AvgIpc) is 2.75. The van der Waals surface area contributed by atoms with E-state index in [1.807, 2.05) is 6.07 Å². The topological polar surface area (TPSA) is 77.0 Å². The summed E-state index contributed by atoms with van der Waals surface area (Å²) in [6.45, 7) is 0. The van der Waals surface area contributed by atoms with Crippen LogP contribution in [-0.2, 0) is 0 Å². The number of hydrogen-bond acceptors (Lipinski definition) is 5. The largest absolute Gasteiger partial charge is 0.497 e. The Kier molecular flexibility index (Phi) is 6.15. The lowest BCUT2D eigenvalue weighted by atomic mass is 10.2. The number of amides is 1. The lowest BCUT2D eigenvalue weighted by Crippen LogP contribution is -2.17. The van der Waals surface area contributed by atoms with E-state index in [2.05, 4.69) is 10.5 Å². The number of benzene rings is 3. The summed E-state index contributed by atoms with van der Waals surface area (Å²) in [6, 6.07) is 22.3. The van der Waals surface area contributed by atoms with Gasteiger partial charge < -0.3 is 9.47 Å². The van der Waals surface area contributed by atoms with E-state index in [1.165, 1.54) is 6.21 Å². The predicted molar refractivity (Wildman–Crippen MR) is 106 cm³/mol. The first-order valence-corrected chi connectivity index (χ1v) is 8.51. The second-order valence-corrected chi connectivity index (χ2v) is 5.72. The van der Waals surface area contributed by atoms with E-state index in [4.69, 9.17) is 9.47 Å². The molecule has 6 heteroatoms. The highest BCUT2D eigenvalue weighted by Gasteiger charge is 2.10. The number of ether oxygens (including phenoxy) is 2. The normalized spacial score (nSPS) is 10.5. The van der Waals surface area contributed by atoms with Crippen molar-refractivity contribution >= 4 is 18.1 Å². The molecular formula is C22H18N2O4. The third-order valence-corrected chi connectivity index (χ3v) is 3.85. The summed E-state index contributed by atoms with van der Waals surface area (Å²) >= 11 is 0. The summed E-state index contributed by atoms with van der Waals surface area (Å²) in [5, 5.41) is 3.95. The summed E-state index contributed by atoms with van der Waals surface area (Å²) < 4.78 is 10.5. The molecule has 6 nitrogen and oxygen atoms in total. The van der Waals surface area contributed by atoms with Gasteiger partial charge in [0.2, 0.25) is 0 Å². The number of rotatable bonds is 6. The van der Waals surface area contributed by atoms with Gasteiger partial charge in [-0.05, 0) is 48.5 Å². The summed E-state index contributed by atoms with van der Waals surface area (Å²) in [6.07, 6.45) is 1.43. The molecule has 0 heterocycles. The predicted octanol–water partition coefficient (Wildman–Crippen LogP) is 3.68. The van der Waals surface area contributed by atoms with Crippen LogP contribution in [0.3, 0.4) is 0 Å². The van der Waals surface area contributed by atoms with Crippen molar-refractivity contribution in [2.45, 2.75) is 0 Å². The van der Waals surface area contributed by atoms with E-state index >= 15 is 0 Å². The van der Waals surface area contributed by atoms with E-state index in [1.54, 1.807) is 79.9 Å². The first-order valence-electron chi connectivity index (χ1n) is 8.51. The Morgan fingerprint density at radius 2 is 1.54 bits per heavy atom. The second-order valence-electron chi connectivity index (χ2n) is 5.72. The summed E-state index contributed by atoms with van der Waals surface area (Å²) in [5.74, 6) is 0.175. The van der Waals surface area contributed by atoms with Crippen molar-refractivity contribution in [1.82, 2.24) is 5.43 Å². The van der Waals surface area contributed by atoms with Crippen LogP contribution in [0.5, 0.6) is 11.5 Å². The van der Waals surface area contributed by atoms with Crippen LogP contribution in [-0.4, -0.2) is 25.2 Å². The summed E-state index contributed by atoms with van der Waals surface area (Å²) in [4.78, 5) is 24.4. The lowest BCUT2D eigenvalue weighted by Gasteiger charge is -2.07. The highest BCUT2D eigenvalue weighted by molar-refractivity contribution is 5.96. The Morgan fingerprint density at radius 1 is 0.857 bits per heavy atom. The van der Waals surface area contributed by atoms with Gasteiger partial charge in [0.15, 0.2) is 0 Å². The van der Waals surface area contributed by atoms with Crippen molar-refractivity contribution in [2.75, 3.05) is 7.11 Å². The number of methoxy groups -OCH3 is 1. The van der Waals surface area contributed by atoms with Gasteiger partial charge in [-0.15, -0.1) is 0 Å². The van der Waals surface area contributed by atoms with Crippen LogP contribution in [0.15, 0.2) is 84.0 Å². The third kappa shape index (κ3) is 4.82. The molecule has 3 rings (SSSR count). The van der Waals surface area contributed by atoms with E-state index < -0.39 is 5.97 Å². The molecule has 28 heavy (non-hydrogen) atoms. The molecule has 0 unspecified atom stereocenters. The maximum absolute atomic E-state index is 12.2. The quantitative estimate of drug-likeness (QED) is 0.309. The van der Waals surface area contributed by atoms with E-state index in [0.29, 0.717) is 28.2 Å². The number of para-hydroxylation sites is 1.